The van der Waals surface area contributed by atoms with Crippen molar-refractivity contribution in [3.05, 3.63) is 0 Å². The molecule has 0 spiro atoms. The first kappa shape index (κ1) is 13.9. The fourth-order valence-electron chi connectivity index (χ4n) is 1.87. The lowest BCUT2D eigenvalue weighted by Gasteiger charge is -2.29. The van der Waals surface area contributed by atoms with Crippen molar-refractivity contribution in [1.82, 2.24) is 5.32 Å². The Morgan fingerprint density at radius 1 is 1.29 bits per heavy atom. The normalized spacial score (nSPS) is 15.9. The molecule has 86 valence electrons. The predicted octanol–water partition coefficient (Wildman–Crippen LogP) is 2.83. The van der Waals surface area contributed by atoms with Gasteiger partial charge in [-0.05, 0) is 39.2 Å². The maximum atomic E-state index is 5.60. The molecule has 2 heteroatoms. The van der Waals surface area contributed by atoms with Gasteiger partial charge in [0.15, 0.2) is 0 Å². The van der Waals surface area contributed by atoms with Gasteiger partial charge in [-0.1, -0.05) is 20.3 Å². The van der Waals surface area contributed by atoms with Crippen LogP contribution in [0.15, 0.2) is 0 Å². The molecule has 0 aliphatic rings. The summed E-state index contributed by atoms with van der Waals surface area (Å²) in [6.45, 7) is 10.7. The number of nitrogens with one attached hydrogen (secondary N) is 1. The van der Waals surface area contributed by atoms with Crippen LogP contribution in [-0.2, 0) is 4.74 Å². The topological polar surface area (TPSA) is 21.3 Å². The van der Waals surface area contributed by atoms with Crippen molar-refractivity contribution < 1.29 is 4.74 Å². The van der Waals surface area contributed by atoms with E-state index in [2.05, 4.69) is 33.0 Å². The molecular weight excluding hydrogens is 174 g/mol. The van der Waals surface area contributed by atoms with E-state index in [1.807, 2.05) is 7.05 Å². The first-order chi connectivity index (χ1) is 6.54. The van der Waals surface area contributed by atoms with Crippen molar-refractivity contribution in [1.29, 1.82) is 0 Å². The lowest BCUT2D eigenvalue weighted by Crippen LogP contribution is -2.31. The fourth-order valence-corrected chi connectivity index (χ4v) is 1.87. The third-order valence-electron chi connectivity index (χ3n) is 2.61. The van der Waals surface area contributed by atoms with Crippen LogP contribution in [0.2, 0.25) is 0 Å². The number of hydrogen-bond donors (Lipinski definition) is 1. The summed E-state index contributed by atoms with van der Waals surface area (Å²) in [5, 5.41) is 3.28. The summed E-state index contributed by atoms with van der Waals surface area (Å²) in [5.74, 6) is 0. The van der Waals surface area contributed by atoms with Crippen LogP contribution in [0.1, 0.15) is 47.0 Å². The SMILES string of the molecule is CCCC(C)(CCOC(C)C)CNC. The van der Waals surface area contributed by atoms with Gasteiger partial charge in [-0.2, -0.15) is 0 Å². The van der Waals surface area contributed by atoms with Gasteiger partial charge in [-0.25, -0.2) is 0 Å². The van der Waals surface area contributed by atoms with Crippen LogP contribution < -0.4 is 5.32 Å². The minimum atomic E-state index is 0.357. The Morgan fingerprint density at radius 3 is 2.36 bits per heavy atom. The minimum absolute atomic E-state index is 0.357. The average molecular weight is 201 g/mol. The Hall–Kier alpha value is -0.0800. The van der Waals surface area contributed by atoms with E-state index >= 15 is 0 Å². The molecule has 1 N–H and O–H groups in total. The van der Waals surface area contributed by atoms with Crippen LogP contribution in [-0.4, -0.2) is 26.3 Å². The van der Waals surface area contributed by atoms with E-state index in [0.717, 1.165) is 19.6 Å². The van der Waals surface area contributed by atoms with Gasteiger partial charge in [0.1, 0.15) is 0 Å². The van der Waals surface area contributed by atoms with Gasteiger partial charge < -0.3 is 10.1 Å². The summed E-state index contributed by atoms with van der Waals surface area (Å²) in [6.07, 6.45) is 4.03. The highest BCUT2D eigenvalue weighted by atomic mass is 16.5. The Bertz CT molecular complexity index is 128. The minimum Gasteiger partial charge on any atom is -0.379 e. The molecular formula is C12H27NO. The van der Waals surface area contributed by atoms with Crippen LogP contribution in [0, 0.1) is 5.41 Å². The Morgan fingerprint density at radius 2 is 1.93 bits per heavy atom. The van der Waals surface area contributed by atoms with E-state index in [0.29, 0.717) is 11.5 Å². The molecule has 0 saturated heterocycles. The van der Waals surface area contributed by atoms with Crippen molar-refractivity contribution >= 4 is 0 Å². The summed E-state index contributed by atoms with van der Waals surface area (Å²) < 4.78 is 5.60. The maximum absolute atomic E-state index is 5.60. The zero-order valence-corrected chi connectivity index (χ0v) is 10.5. The Balaban J connectivity index is 3.83. The molecule has 0 aliphatic heterocycles. The lowest BCUT2D eigenvalue weighted by atomic mass is 9.82. The van der Waals surface area contributed by atoms with Gasteiger partial charge in [0.2, 0.25) is 0 Å². The molecule has 0 bridgehead atoms. The molecule has 0 aliphatic carbocycles. The summed E-state index contributed by atoms with van der Waals surface area (Å²) >= 11 is 0. The number of hydrogen-bond acceptors (Lipinski definition) is 2. The highest BCUT2D eigenvalue weighted by molar-refractivity contribution is 4.75. The van der Waals surface area contributed by atoms with Gasteiger partial charge in [0.25, 0.3) is 0 Å². The Kier molecular flexibility index (Phi) is 7.20. The van der Waals surface area contributed by atoms with E-state index in [9.17, 15) is 0 Å². The van der Waals surface area contributed by atoms with Crippen LogP contribution >= 0.6 is 0 Å². The molecule has 0 amide bonds. The molecule has 0 saturated carbocycles. The number of ether oxygens (including phenoxy) is 1. The van der Waals surface area contributed by atoms with E-state index < -0.39 is 0 Å². The molecule has 2 nitrogen and oxygen atoms in total. The van der Waals surface area contributed by atoms with E-state index in [4.69, 9.17) is 4.74 Å². The van der Waals surface area contributed by atoms with Gasteiger partial charge in [0.05, 0.1) is 6.10 Å². The first-order valence-corrected chi connectivity index (χ1v) is 5.80. The second-order valence-electron chi connectivity index (χ2n) is 4.76. The van der Waals surface area contributed by atoms with Crippen LogP contribution in [0.25, 0.3) is 0 Å². The number of rotatable bonds is 8. The standard InChI is InChI=1S/C12H27NO/c1-6-7-12(4,10-13-5)8-9-14-11(2)3/h11,13H,6-10H2,1-5H3. The molecule has 14 heavy (non-hydrogen) atoms. The van der Waals surface area contributed by atoms with Crippen LogP contribution in [0.3, 0.4) is 0 Å². The second-order valence-corrected chi connectivity index (χ2v) is 4.76. The van der Waals surface area contributed by atoms with Crippen molar-refractivity contribution in [2.45, 2.75) is 53.1 Å². The smallest absolute Gasteiger partial charge is 0.0518 e. The highest BCUT2D eigenvalue weighted by Crippen LogP contribution is 2.26. The van der Waals surface area contributed by atoms with E-state index in [-0.39, 0.29) is 0 Å². The highest BCUT2D eigenvalue weighted by Gasteiger charge is 2.22. The van der Waals surface area contributed by atoms with Gasteiger partial charge >= 0.3 is 0 Å². The summed E-state index contributed by atoms with van der Waals surface area (Å²) in [7, 11) is 2.03. The molecule has 0 radical (unpaired) electrons. The summed E-state index contributed by atoms with van der Waals surface area (Å²) in [4.78, 5) is 0. The molecule has 0 rings (SSSR count). The molecule has 1 atom stereocenters. The second kappa shape index (κ2) is 7.24. The summed E-state index contributed by atoms with van der Waals surface area (Å²) in [5.41, 5.74) is 0.401. The third-order valence-corrected chi connectivity index (χ3v) is 2.61. The van der Waals surface area contributed by atoms with E-state index in [1.165, 1.54) is 12.8 Å². The molecule has 0 aromatic rings. The average Bonchev–Trinajstić information content (AvgIpc) is 2.03. The maximum Gasteiger partial charge on any atom is 0.0518 e. The fraction of sp³-hybridized carbons (Fsp3) is 1.00. The third kappa shape index (κ3) is 6.39. The van der Waals surface area contributed by atoms with Crippen molar-refractivity contribution in [3.8, 4) is 0 Å². The lowest BCUT2D eigenvalue weighted by molar-refractivity contribution is 0.0523. The van der Waals surface area contributed by atoms with Crippen LogP contribution in [0.5, 0.6) is 0 Å². The molecule has 0 aromatic heterocycles. The molecule has 0 aromatic carbocycles. The van der Waals surface area contributed by atoms with Gasteiger partial charge in [-0.15, -0.1) is 0 Å². The molecule has 1 unspecified atom stereocenters. The zero-order chi connectivity index (χ0) is 11.0. The summed E-state index contributed by atoms with van der Waals surface area (Å²) in [6, 6.07) is 0. The van der Waals surface area contributed by atoms with Crippen molar-refractivity contribution in [2.75, 3.05) is 20.2 Å². The van der Waals surface area contributed by atoms with Gasteiger partial charge in [-0.3, -0.25) is 0 Å². The Labute approximate surface area is 89.4 Å². The molecule has 0 heterocycles. The van der Waals surface area contributed by atoms with Crippen molar-refractivity contribution in [2.24, 2.45) is 5.41 Å². The van der Waals surface area contributed by atoms with Crippen molar-refractivity contribution in [3.63, 3.8) is 0 Å². The predicted molar refractivity (Wildman–Crippen MR) is 62.6 cm³/mol. The van der Waals surface area contributed by atoms with E-state index in [1.54, 1.807) is 0 Å². The van der Waals surface area contributed by atoms with Crippen LogP contribution in [0.4, 0.5) is 0 Å². The first-order valence-electron chi connectivity index (χ1n) is 5.80. The quantitative estimate of drug-likeness (QED) is 0.652. The zero-order valence-electron chi connectivity index (χ0n) is 10.5. The molecule has 0 fully saturated rings. The largest absolute Gasteiger partial charge is 0.379 e. The van der Waals surface area contributed by atoms with Gasteiger partial charge in [0, 0.05) is 13.2 Å². The monoisotopic (exact) mass is 201 g/mol.